The van der Waals surface area contributed by atoms with E-state index >= 15 is 0 Å². The zero-order valence-electron chi connectivity index (χ0n) is 14.5. The lowest BCUT2D eigenvalue weighted by Gasteiger charge is -2.28. The highest BCUT2D eigenvalue weighted by Gasteiger charge is 2.59. The molecule has 9 heteroatoms. The highest BCUT2D eigenvalue weighted by Crippen LogP contribution is 2.48. The third kappa shape index (κ3) is 4.11. The van der Waals surface area contributed by atoms with Gasteiger partial charge in [0.05, 0.1) is 5.70 Å². The molecule has 2 aromatic rings. The number of amides is 1. The number of benzene rings is 2. The first-order chi connectivity index (χ1) is 13.1. The van der Waals surface area contributed by atoms with Crippen molar-refractivity contribution in [3.63, 3.8) is 0 Å². The summed E-state index contributed by atoms with van der Waals surface area (Å²) in [5.41, 5.74) is 0.850. The van der Waals surface area contributed by atoms with Gasteiger partial charge in [0.1, 0.15) is 0 Å². The molecular formula is C19H15Cl2F3N2O2. The maximum atomic E-state index is 14.0. The number of rotatable bonds is 4. The quantitative estimate of drug-likeness (QED) is 0.720. The molecule has 2 N–H and O–H groups in total. The molecule has 4 nitrogen and oxygen atoms in total. The first kappa shape index (κ1) is 20.5. The second-order valence-electron chi connectivity index (χ2n) is 6.26. The predicted octanol–water partition coefficient (Wildman–Crippen LogP) is 4.96. The maximum absolute atomic E-state index is 14.0. The van der Waals surface area contributed by atoms with Crippen LogP contribution in [0.15, 0.2) is 48.5 Å². The van der Waals surface area contributed by atoms with Gasteiger partial charge in [-0.2, -0.15) is 13.2 Å². The van der Waals surface area contributed by atoms with E-state index in [2.05, 4.69) is 10.8 Å². The van der Waals surface area contributed by atoms with E-state index in [1.807, 2.05) is 0 Å². The summed E-state index contributed by atoms with van der Waals surface area (Å²) in [5, 5.41) is 2.79. The van der Waals surface area contributed by atoms with Gasteiger partial charge in [-0.1, -0.05) is 47.5 Å². The first-order valence-corrected chi connectivity index (χ1v) is 8.90. The predicted molar refractivity (Wildman–Crippen MR) is 100 cm³/mol. The monoisotopic (exact) mass is 430 g/mol. The molecule has 0 aliphatic carbocycles. The minimum absolute atomic E-state index is 0.0684. The van der Waals surface area contributed by atoms with E-state index in [0.717, 1.165) is 11.6 Å². The Labute approximate surface area is 169 Å². The highest BCUT2D eigenvalue weighted by molar-refractivity contribution is 6.34. The van der Waals surface area contributed by atoms with Gasteiger partial charge in [-0.3, -0.25) is 15.1 Å². The minimum Gasteiger partial charge on any atom is -0.352 e. The normalized spacial score (nSPS) is 19.1. The Balaban J connectivity index is 1.96. The molecule has 3 rings (SSSR count). The second kappa shape index (κ2) is 7.66. The molecule has 0 spiro atoms. The lowest BCUT2D eigenvalue weighted by Crippen LogP contribution is -2.42. The van der Waals surface area contributed by atoms with Crippen molar-refractivity contribution in [3.05, 3.63) is 75.3 Å². The molecule has 0 bridgehead atoms. The first-order valence-electron chi connectivity index (χ1n) is 8.15. The van der Waals surface area contributed by atoms with Gasteiger partial charge in [0.15, 0.2) is 0 Å². The van der Waals surface area contributed by atoms with Gasteiger partial charge in [0, 0.05) is 29.1 Å². The van der Waals surface area contributed by atoms with Gasteiger partial charge in [0.25, 0.3) is 0 Å². The van der Waals surface area contributed by atoms with E-state index in [1.165, 1.54) is 25.1 Å². The summed E-state index contributed by atoms with van der Waals surface area (Å²) in [6.07, 6.45) is -3.81. The summed E-state index contributed by atoms with van der Waals surface area (Å²) in [7, 11) is 0. The van der Waals surface area contributed by atoms with Crippen molar-refractivity contribution in [2.45, 2.75) is 25.2 Å². The Bertz CT molecular complexity index is 910. The Kier molecular flexibility index (Phi) is 5.61. The van der Waals surface area contributed by atoms with Crippen LogP contribution in [0.25, 0.3) is 5.70 Å². The van der Waals surface area contributed by atoms with Crippen molar-refractivity contribution in [3.8, 4) is 0 Å². The molecule has 1 atom stereocenters. The lowest BCUT2D eigenvalue weighted by molar-refractivity contribution is -0.269. The van der Waals surface area contributed by atoms with Crippen molar-refractivity contribution in [1.82, 2.24) is 10.8 Å². The third-order valence-corrected chi connectivity index (χ3v) is 4.62. The summed E-state index contributed by atoms with van der Waals surface area (Å²) < 4.78 is 41.9. The average Bonchev–Trinajstić information content (AvgIpc) is 3.06. The van der Waals surface area contributed by atoms with Crippen molar-refractivity contribution in [2.24, 2.45) is 0 Å². The SMILES string of the molecule is CC(=O)NCc1ccc(C2=CC(c3cc(Cl)cc(Cl)c3)(C(F)(F)F)ON2)cc1. The van der Waals surface area contributed by atoms with E-state index < -0.39 is 11.8 Å². The fourth-order valence-electron chi connectivity index (χ4n) is 2.78. The summed E-state index contributed by atoms with van der Waals surface area (Å²) in [4.78, 5) is 16.0. The van der Waals surface area contributed by atoms with Gasteiger partial charge in [0.2, 0.25) is 11.5 Å². The lowest BCUT2D eigenvalue weighted by atomic mass is 9.91. The zero-order chi connectivity index (χ0) is 20.5. The Morgan fingerprint density at radius 1 is 1.14 bits per heavy atom. The van der Waals surface area contributed by atoms with E-state index in [4.69, 9.17) is 28.0 Å². The highest BCUT2D eigenvalue weighted by atomic mass is 35.5. The van der Waals surface area contributed by atoms with Crippen LogP contribution < -0.4 is 10.8 Å². The topological polar surface area (TPSA) is 50.4 Å². The van der Waals surface area contributed by atoms with Crippen LogP contribution in [0.4, 0.5) is 13.2 Å². The number of hydrogen-bond donors (Lipinski definition) is 2. The number of hydroxylamine groups is 1. The molecule has 2 aromatic carbocycles. The number of hydrogen-bond acceptors (Lipinski definition) is 3. The van der Waals surface area contributed by atoms with Gasteiger partial charge < -0.3 is 5.32 Å². The van der Waals surface area contributed by atoms with Crippen molar-refractivity contribution >= 4 is 34.8 Å². The molecule has 0 aromatic heterocycles. The molecule has 0 saturated heterocycles. The van der Waals surface area contributed by atoms with Crippen molar-refractivity contribution < 1.29 is 22.8 Å². The molecule has 28 heavy (non-hydrogen) atoms. The zero-order valence-corrected chi connectivity index (χ0v) is 16.0. The van der Waals surface area contributed by atoms with Crippen molar-refractivity contribution in [1.29, 1.82) is 0 Å². The summed E-state index contributed by atoms with van der Waals surface area (Å²) >= 11 is 11.8. The van der Waals surface area contributed by atoms with Crippen LogP contribution in [0, 0.1) is 0 Å². The van der Waals surface area contributed by atoms with Crippen LogP contribution in [-0.4, -0.2) is 12.1 Å². The Morgan fingerprint density at radius 2 is 1.75 bits per heavy atom. The van der Waals surface area contributed by atoms with Crippen LogP contribution >= 0.6 is 23.2 Å². The van der Waals surface area contributed by atoms with Gasteiger partial charge in [-0.05, 0) is 35.4 Å². The minimum atomic E-state index is -4.76. The Hall–Kier alpha value is -2.22. The average molecular weight is 431 g/mol. The smallest absolute Gasteiger partial charge is 0.352 e. The molecule has 148 valence electrons. The van der Waals surface area contributed by atoms with E-state index in [9.17, 15) is 18.0 Å². The van der Waals surface area contributed by atoms with Crippen LogP contribution in [0.2, 0.25) is 10.0 Å². The number of alkyl halides is 3. The maximum Gasteiger partial charge on any atom is 0.428 e. The van der Waals surface area contributed by atoms with Gasteiger partial charge >= 0.3 is 6.18 Å². The van der Waals surface area contributed by atoms with Gasteiger partial charge in [-0.15, -0.1) is 0 Å². The number of carbonyl (C=O) groups is 1. The number of halogens is 5. The molecule has 0 saturated carbocycles. The van der Waals surface area contributed by atoms with E-state index in [1.54, 1.807) is 24.3 Å². The molecule has 0 fully saturated rings. The number of nitrogens with one attached hydrogen (secondary N) is 2. The second-order valence-corrected chi connectivity index (χ2v) is 7.13. The number of carbonyl (C=O) groups excluding carboxylic acids is 1. The fourth-order valence-corrected chi connectivity index (χ4v) is 3.31. The molecular weight excluding hydrogens is 416 g/mol. The Morgan fingerprint density at radius 3 is 2.29 bits per heavy atom. The molecule has 1 amide bonds. The summed E-state index contributed by atoms with van der Waals surface area (Å²) in [6, 6.07) is 10.4. The molecule has 1 unspecified atom stereocenters. The van der Waals surface area contributed by atoms with Gasteiger partial charge in [-0.25, -0.2) is 0 Å². The largest absolute Gasteiger partial charge is 0.428 e. The van der Waals surface area contributed by atoms with Crippen LogP contribution in [0.3, 0.4) is 0 Å². The van der Waals surface area contributed by atoms with Crippen molar-refractivity contribution in [2.75, 3.05) is 0 Å². The molecule has 1 heterocycles. The summed E-state index contributed by atoms with van der Waals surface area (Å²) in [5.74, 6) is -0.173. The molecule has 1 aliphatic rings. The van der Waals surface area contributed by atoms with Crippen LogP contribution in [0.5, 0.6) is 0 Å². The third-order valence-electron chi connectivity index (χ3n) is 4.19. The fraction of sp³-hybridized carbons (Fsp3) is 0.211. The van der Waals surface area contributed by atoms with Crippen LogP contribution in [0.1, 0.15) is 23.6 Å². The van der Waals surface area contributed by atoms with Crippen LogP contribution in [-0.2, 0) is 21.8 Å². The summed E-state index contributed by atoms with van der Waals surface area (Å²) in [6.45, 7) is 1.73. The molecule has 1 aliphatic heterocycles. The van der Waals surface area contributed by atoms with E-state index in [0.29, 0.717) is 12.1 Å². The van der Waals surface area contributed by atoms with E-state index in [-0.39, 0.29) is 27.2 Å². The standard InChI is InChI=1S/C19H15Cl2F3N2O2/c1-11(27)25-10-12-2-4-13(5-3-12)17-9-18(28-26-17,19(22,23)24)14-6-15(20)8-16(21)7-14/h2-9,26H,10H2,1H3,(H,25,27). The molecule has 0 radical (unpaired) electrons.